The molecule has 0 amide bonds. The van der Waals surface area contributed by atoms with Crippen molar-refractivity contribution in [2.75, 3.05) is 13.2 Å². The second-order valence-corrected chi connectivity index (χ2v) is 8.82. The van der Waals surface area contributed by atoms with E-state index in [2.05, 4.69) is 31.9 Å². The lowest BCUT2D eigenvalue weighted by atomic mass is 10.0. The first-order valence-electron chi connectivity index (χ1n) is 7.40. The molecule has 0 saturated carbocycles. The van der Waals surface area contributed by atoms with Gasteiger partial charge in [-0.05, 0) is 49.2 Å². The van der Waals surface area contributed by atoms with Crippen LogP contribution in [0.15, 0.2) is 57.5 Å². The molecule has 0 saturated heterocycles. The Kier molecular flexibility index (Phi) is 7.05. The standard InChI is InChI=1S/C17H19Br2O3P/c1-3-21-23(20,22-4-2)17(13-5-9-15(18)10-6-13)14-7-11-16(19)12-8-14/h5-12,17H,3-4H2,1-2H3. The van der Waals surface area contributed by atoms with Crippen LogP contribution in [0.2, 0.25) is 0 Å². The van der Waals surface area contributed by atoms with Gasteiger partial charge in [0, 0.05) is 8.95 Å². The summed E-state index contributed by atoms with van der Waals surface area (Å²) in [4.78, 5) is 0. The molecule has 0 heterocycles. The topological polar surface area (TPSA) is 35.5 Å². The minimum Gasteiger partial charge on any atom is -0.308 e. The number of hydrogen-bond donors (Lipinski definition) is 0. The second kappa shape index (κ2) is 8.59. The predicted molar refractivity (Wildman–Crippen MR) is 101 cm³/mol. The van der Waals surface area contributed by atoms with Gasteiger partial charge in [-0.2, -0.15) is 0 Å². The van der Waals surface area contributed by atoms with Crippen LogP contribution in [0.3, 0.4) is 0 Å². The molecule has 0 N–H and O–H groups in total. The zero-order valence-electron chi connectivity index (χ0n) is 13.0. The van der Waals surface area contributed by atoms with Crippen molar-refractivity contribution in [3.63, 3.8) is 0 Å². The van der Waals surface area contributed by atoms with E-state index in [0.29, 0.717) is 13.2 Å². The molecule has 0 aliphatic carbocycles. The average molecular weight is 462 g/mol. The number of halogens is 2. The molecular weight excluding hydrogens is 443 g/mol. The van der Waals surface area contributed by atoms with Crippen molar-refractivity contribution >= 4 is 39.5 Å². The summed E-state index contributed by atoms with van der Waals surface area (Å²) in [6.07, 6.45) is 0. The van der Waals surface area contributed by atoms with Crippen LogP contribution >= 0.6 is 39.5 Å². The molecule has 0 spiro atoms. The van der Waals surface area contributed by atoms with Crippen molar-refractivity contribution in [3.8, 4) is 0 Å². The third-order valence-electron chi connectivity index (χ3n) is 3.31. The maximum atomic E-state index is 13.4. The summed E-state index contributed by atoms with van der Waals surface area (Å²) in [5.41, 5.74) is 1.35. The molecule has 0 bridgehead atoms. The Morgan fingerprint density at radius 3 is 1.48 bits per heavy atom. The van der Waals surface area contributed by atoms with Gasteiger partial charge < -0.3 is 9.05 Å². The van der Waals surface area contributed by atoms with Gasteiger partial charge in [0.1, 0.15) is 5.66 Å². The van der Waals surface area contributed by atoms with E-state index in [4.69, 9.17) is 9.05 Å². The Morgan fingerprint density at radius 2 is 1.17 bits per heavy atom. The minimum absolute atomic E-state index is 0.334. The maximum absolute atomic E-state index is 13.4. The molecule has 6 heteroatoms. The highest BCUT2D eigenvalue weighted by atomic mass is 79.9. The SMILES string of the molecule is CCOP(=O)(OCC)C(c1ccc(Br)cc1)c1ccc(Br)cc1. The van der Waals surface area contributed by atoms with Crippen LogP contribution in [0.4, 0.5) is 0 Å². The van der Waals surface area contributed by atoms with E-state index in [1.807, 2.05) is 62.4 Å². The van der Waals surface area contributed by atoms with Crippen LogP contribution in [-0.4, -0.2) is 13.2 Å². The van der Waals surface area contributed by atoms with Gasteiger partial charge in [-0.1, -0.05) is 56.1 Å². The fraction of sp³-hybridized carbons (Fsp3) is 0.294. The summed E-state index contributed by atoms with van der Waals surface area (Å²) in [5.74, 6) is 0. The Bertz CT molecular complexity index is 616. The number of rotatable bonds is 7. The third-order valence-corrected chi connectivity index (χ3v) is 6.83. The Morgan fingerprint density at radius 1 is 0.826 bits per heavy atom. The number of hydrogen-bond acceptors (Lipinski definition) is 3. The molecule has 2 aromatic rings. The van der Waals surface area contributed by atoms with Gasteiger partial charge in [0.15, 0.2) is 0 Å². The lowest BCUT2D eigenvalue weighted by Crippen LogP contribution is -2.08. The van der Waals surface area contributed by atoms with Crippen LogP contribution in [-0.2, 0) is 13.6 Å². The van der Waals surface area contributed by atoms with Crippen LogP contribution < -0.4 is 0 Å². The molecule has 2 aromatic carbocycles. The fourth-order valence-electron chi connectivity index (χ4n) is 2.39. The molecule has 0 aliphatic rings. The first-order chi connectivity index (χ1) is 11.0. The largest absolute Gasteiger partial charge is 0.342 e. The van der Waals surface area contributed by atoms with Crippen LogP contribution in [0.5, 0.6) is 0 Å². The first kappa shape index (κ1) is 18.9. The Balaban J connectivity index is 2.55. The summed E-state index contributed by atoms with van der Waals surface area (Å²) >= 11 is 6.87. The molecule has 23 heavy (non-hydrogen) atoms. The highest BCUT2D eigenvalue weighted by molar-refractivity contribution is 9.10. The Hall–Kier alpha value is -0.450. The summed E-state index contributed by atoms with van der Waals surface area (Å²) < 4.78 is 26.6. The smallest absolute Gasteiger partial charge is 0.308 e. The molecule has 0 fully saturated rings. The fourth-order valence-corrected chi connectivity index (χ4v) is 5.09. The van der Waals surface area contributed by atoms with E-state index in [0.717, 1.165) is 20.1 Å². The van der Waals surface area contributed by atoms with Crippen molar-refractivity contribution in [2.24, 2.45) is 0 Å². The van der Waals surface area contributed by atoms with Crippen molar-refractivity contribution < 1.29 is 13.6 Å². The van der Waals surface area contributed by atoms with Crippen LogP contribution in [0.1, 0.15) is 30.6 Å². The monoisotopic (exact) mass is 460 g/mol. The van der Waals surface area contributed by atoms with E-state index in [1.165, 1.54) is 0 Å². The van der Waals surface area contributed by atoms with E-state index in [9.17, 15) is 4.57 Å². The minimum atomic E-state index is -3.33. The second-order valence-electron chi connectivity index (χ2n) is 4.88. The van der Waals surface area contributed by atoms with Crippen molar-refractivity contribution in [1.29, 1.82) is 0 Å². The van der Waals surface area contributed by atoms with E-state index in [1.54, 1.807) is 0 Å². The first-order valence-corrected chi connectivity index (χ1v) is 10.6. The van der Waals surface area contributed by atoms with Crippen LogP contribution in [0, 0.1) is 0 Å². The summed E-state index contributed by atoms with van der Waals surface area (Å²) in [7, 11) is -3.33. The molecule has 0 atom stereocenters. The molecule has 0 aliphatic heterocycles. The zero-order chi connectivity index (χ0) is 16.9. The molecule has 3 nitrogen and oxygen atoms in total. The van der Waals surface area contributed by atoms with Crippen LogP contribution in [0.25, 0.3) is 0 Å². The quantitative estimate of drug-likeness (QED) is 0.437. The van der Waals surface area contributed by atoms with Crippen molar-refractivity contribution in [1.82, 2.24) is 0 Å². The van der Waals surface area contributed by atoms with Gasteiger partial charge in [0.2, 0.25) is 0 Å². The van der Waals surface area contributed by atoms with E-state index in [-0.39, 0.29) is 0 Å². The van der Waals surface area contributed by atoms with Gasteiger partial charge in [-0.3, -0.25) is 4.57 Å². The Labute approximate surface area is 154 Å². The van der Waals surface area contributed by atoms with Gasteiger partial charge in [0.25, 0.3) is 0 Å². The van der Waals surface area contributed by atoms with Gasteiger partial charge >= 0.3 is 7.60 Å². The average Bonchev–Trinajstić information content (AvgIpc) is 2.52. The lowest BCUT2D eigenvalue weighted by Gasteiger charge is -2.27. The summed E-state index contributed by atoms with van der Waals surface area (Å²) in [5, 5.41) is 0. The number of benzene rings is 2. The zero-order valence-corrected chi connectivity index (χ0v) is 17.1. The molecule has 0 aromatic heterocycles. The normalized spacial score (nSPS) is 11.9. The van der Waals surface area contributed by atoms with Gasteiger partial charge in [0.05, 0.1) is 13.2 Å². The summed E-state index contributed by atoms with van der Waals surface area (Å²) in [6.45, 7) is 4.32. The third kappa shape index (κ3) is 4.77. The molecule has 2 rings (SSSR count). The van der Waals surface area contributed by atoms with Gasteiger partial charge in [-0.15, -0.1) is 0 Å². The van der Waals surface area contributed by atoms with Crippen molar-refractivity contribution in [3.05, 3.63) is 68.6 Å². The molecule has 0 radical (unpaired) electrons. The summed E-state index contributed by atoms with van der Waals surface area (Å²) in [6, 6.07) is 15.5. The highest BCUT2D eigenvalue weighted by Gasteiger charge is 2.38. The van der Waals surface area contributed by atoms with E-state index >= 15 is 0 Å². The van der Waals surface area contributed by atoms with E-state index < -0.39 is 13.3 Å². The molecular formula is C17H19Br2O3P. The molecule has 0 unspecified atom stereocenters. The lowest BCUT2D eigenvalue weighted by molar-refractivity contribution is 0.215. The van der Waals surface area contributed by atoms with Gasteiger partial charge in [-0.25, -0.2) is 0 Å². The molecule has 124 valence electrons. The van der Waals surface area contributed by atoms with Crippen molar-refractivity contribution in [2.45, 2.75) is 19.5 Å². The highest BCUT2D eigenvalue weighted by Crippen LogP contribution is 2.63. The predicted octanol–water partition coefficient (Wildman–Crippen LogP) is 6.57. The maximum Gasteiger partial charge on any atom is 0.342 e.